The molecule has 3 aromatic rings. The molecule has 1 aliphatic rings. The van der Waals surface area contributed by atoms with E-state index in [0.29, 0.717) is 12.2 Å². The van der Waals surface area contributed by atoms with Crippen LogP contribution in [0.4, 0.5) is 4.39 Å². The van der Waals surface area contributed by atoms with Gasteiger partial charge in [0.1, 0.15) is 11.6 Å². The van der Waals surface area contributed by atoms with Crippen LogP contribution in [0.1, 0.15) is 43.2 Å². The molecule has 0 saturated carbocycles. The summed E-state index contributed by atoms with van der Waals surface area (Å²) in [6, 6.07) is 10.6. The Balaban J connectivity index is 1.88. The summed E-state index contributed by atoms with van der Waals surface area (Å²) in [5.74, 6) is 0.0935. The topological polar surface area (TPSA) is 34.9 Å². The largest absolute Gasteiger partial charge is 0.299 e. The van der Waals surface area contributed by atoms with Gasteiger partial charge in [-0.1, -0.05) is 6.92 Å². The van der Waals surface area contributed by atoms with Crippen molar-refractivity contribution >= 4 is 16.7 Å². The zero-order valence-electron chi connectivity index (χ0n) is 13.6. The third kappa shape index (κ3) is 2.42. The van der Waals surface area contributed by atoms with Crippen LogP contribution in [0.15, 0.2) is 42.6 Å². The first-order valence-corrected chi connectivity index (χ1v) is 8.46. The number of aromatic nitrogens is 2. The summed E-state index contributed by atoms with van der Waals surface area (Å²) in [4.78, 5) is 12.3. The lowest BCUT2D eigenvalue weighted by Crippen LogP contribution is -2.10. The average Bonchev–Trinajstić information content (AvgIpc) is 2.91. The Morgan fingerprint density at radius 1 is 1.21 bits per heavy atom. The van der Waals surface area contributed by atoms with Gasteiger partial charge in [0.2, 0.25) is 0 Å². The average molecular weight is 322 g/mol. The maximum atomic E-state index is 13.2. The van der Waals surface area contributed by atoms with E-state index in [1.807, 2.05) is 10.9 Å². The van der Waals surface area contributed by atoms with Gasteiger partial charge in [0.05, 0.1) is 17.4 Å². The van der Waals surface area contributed by atoms with Crippen molar-refractivity contribution in [3.63, 3.8) is 0 Å². The molecule has 24 heavy (non-hydrogen) atoms. The van der Waals surface area contributed by atoms with E-state index in [1.165, 1.54) is 17.7 Å². The van der Waals surface area contributed by atoms with Crippen LogP contribution >= 0.6 is 0 Å². The second-order valence-corrected chi connectivity index (χ2v) is 6.42. The van der Waals surface area contributed by atoms with Crippen LogP contribution in [0.5, 0.6) is 0 Å². The molecule has 0 fully saturated rings. The summed E-state index contributed by atoms with van der Waals surface area (Å²) in [6.07, 6.45) is 5.14. The summed E-state index contributed by atoms with van der Waals surface area (Å²) in [5, 5.41) is 5.49. The van der Waals surface area contributed by atoms with Gasteiger partial charge in [-0.3, -0.25) is 4.79 Å². The number of nitrogens with zero attached hydrogens (tertiary/aromatic N) is 2. The molecule has 2 aromatic carbocycles. The molecule has 0 amide bonds. The number of carbonyl (C=O) groups is 1. The number of Topliss-reactive ketones (excluding diaryl/α,β-unsaturated/α-hetero) is 1. The Labute approximate surface area is 140 Å². The van der Waals surface area contributed by atoms with Crippen molar-refractivity contribution < 1.29 is 9.18 Å². The number of aryl methyl sites for hydroxylation is 1. The third-order valence-electron chi connectivity index (χ3n) is 4.94. The fourth-order valence-corrected chi connectivity index (χ4v) is 3.71. The molecule has 1 heterocycles. The number of hydrogen-bond acceptors (Lipinski definition) is 2. The number of benzene rings is 2. The summed E-state index contributed by atoms with van der Waals surface area (Å²) in [7, 11) is 0. The maximum Gasteiger partial charge on any atom is 0.140 e. The molecule has 0 saturated heterocycles. The van der Waals surface area contributed by atoms with E-state index in [0.717, 1.165) is 41.4 Å². The number of hydrogen-bond donors (Lipinski definition) is 0. The highest BCUT2D eigenvalue weighted by Crippen LogP contribution is 2.34. The van der Waals surface area contributed by atoms with Crippen LogP contribution in [-0.2, 0) is 11.2 Å². The first kappa shape index (κ1) is 15.1. The Morgan fingerprint density at radius 2 is 2.00 bits per heavy atom. The highest BCUT2D eigenvalue weighted by atomic mass is 19.1. The van der Waals surface area contributed by atoms with E-state index in [1.54, 1.807) is 12.1 Å². The van der Waals surface area contributed by atoms with Gasteiger partial charge in [-0.25, -0.2) is 9.07 Å². The van der Waals surface area contributed by atoms with E-state index < -0.39 is 0 Å². The monoisotopic (exact) mass is 322 g/mol. The lowest BCUT2D eigenvalue weighted by atomic mass is 9.89. The van der Waals surface area contributed by atoms with Crippen molar-refractivity contribution in [2.45, 2.75) is 38.5 Å². The summed E-state index contributed by atoms with van der Waals surface area (Å²) >= 11 is 0. The van der Waals surface area contributed by atoms with E-state index >= 15 is 0 Å². The molecule has 0 aliphatic heterocycles. The van der Waals surface area contributed by atoms with Crippen molar-refractivity contribution in [2.75, 3.05) is 0 Å². The van der Waals surface area contributed by atoms with Crippen molar-refractivity contribution in [1.82, 2.24) is 9.78 Å². The minimum Gasteiger partial charge on any atom is -0.299 e. The molecule has 0 spiro atoms. The SMILES string of the molecule is CC[C@H]1C(=O)CCCc2cc3c(cnn3-c3ccc(F)cc3)cc21. The number of rotatable bonds is 2. The van der Waals surface area contributed by atoms with Crippen LogP contribution in [0.2, 0.25) is 0 Å². The van der Waals surface area contributed by atoms with E-state index in [-0.39, 0.29) is 11.7 Å². The highest BCUT2D eigenvalue weighted by Gasteiger charge is 2.25. The molecule has 0 radical (unpaired) electrons. The predicted octanol–water partition coefficient (Wildman–Crippen LogP) is 4.56. The summed E-state index contributed by atoms with van der Waals surface area (Å²) in [6.45, 7) is 2.07. The summed E-state index contributed by atoms with van der Waals surface area (Å²) in [5.41, 5.74) is 4.24. The molecule has 1 atom stereocenters. The third-order valence-corrected chi connectivity index (χ3v) is 4.94. The zero-order valence-corrected chi connectivity index (χ0v) is 13.6. The second-order valence-electron chi connectivity index (χ2n) is 6.42. The van der Waals surface area contributed by atoms with Crippen LogP contribution in [0.25, 0.3) is 16.6 Å². The molecule has 4 rings (SSSR count). The van der Waals surface area contributed by atoms with Crippen LogP contribution < -0.4 is 0 Å². The van der Waals surface area contributed by atoms with E-state index in [4.69, 9.17) is 0 Å². The van der Waals surface area contributed by atoms with Gasteiger partial charge < -0.3 is 0 Å². The molecule has 4 heteroatoms. The minimum atomic E-state index is -0.256. The zero-order chi connectivity index (χ0) is 16.7. The van der Waals surface area contributed by atoms with Crippen molar-refractivity contribution in [3.8, 4) is 5.69 Å². The Bertz CT molecular complexity index is 911. The molecule has 0 bridgehead atoms. The number of halogens is 1. The fourth-order valence-electron chi connectivity index (χ4n) is 3.71. The molecule has 3 nitrogen and oxygen atoms in total. The van der Waals surface area contributed by atoms with Crippen LogP contribution in [0.3, 0.4) is 0 Å². The molecule has 0 N–H and O–H groups in total. The van der Waals surface area contributed by atoms with Crippen molar-refractivity contribution in [2.24, 2.45) is 0 Å². The summed E-state index contributed by atoms with van der Waals surface area (Å²) < 4.78 is 15.0. The van der Waals surface area contributed by atoms with Gasteiger partial charge in [0.15, 0.2) is 0 Å². The van der Waals surface area contributed by atoms with Gasteiger partial charge in [0.25, 0.3) is 0 Å². The van der Waals surface area contributed by atoms with Gasteiger partial charge >= 0.3 is 0 Å². The lowest BCUT2D eigenvalue weighted by Gasteiger charge is -2.15. The molecular formula is C20H19FN2O. The standard InChI is InChI=1S/C20H19FN2O/c1-2-17-18-10-14-12-22-23(16-8-6-15(21)7-9-16)19(14)11-13(18)4-3-5-20(17)24/h6-12,17H,2-5H2,1H3/t17-/m1/s1. The fraction of sp³-hybridized carbons (Fsp3) is 0.300. The highest BCUT2D eigenvalue weighted by molar-refractivity contribution is 5.90. The second kappa shape index (κ2) is 5.86. The molecule has 122 valence electrons. The van der Waals surface area contributed by atoms with E-state index in [9.17, 15) is 9.18 Å². The first-order chi connectivity index (χ1) is 11.7. The number of fused-ring (bicyclic) bond motifs is 2. The van der Waals surface area contributed by atoms with Gasteiger partial charge in [-0.05, 0) is 66.8 Å². The van der Waals surface area contributed by atoms with Crippen molar-refractivity contribution in [3.05, 3.63) is 59.5 Å². The van der Waals surface area contributed by atoms with Gasteiger partial charge in [-0.15, -0.1) is 0 Å². The molecule has 1 aromatic heterocycles. The van der Waals surface area contributed by atoms with Gasteiger partial charge in [0, 0.05) is 17.7 Å². The maximum absolute atomic E-state index is 13.2. The van der Waals surface area contributed by atoms with Gasteiger partial charge in [-0.2, -0.15) is 5.10 Å². The van der Waals surface area contributed by atoms with E-state index in [2.05, 4.69) is 24.2 Å². The first-order valence-electron chi connectivity index (χ1n) is 8.46. The molecule has 1 aliphatic carbocycles. The van der Waals surface area contributed by atoms with Crippen LogP contribution in [0, 0.1) is 5.82 Å². The van der Waals surface area contributed by atoms with Crippen molar-refractivity contribution in [1.29, 1.82) is 0 Å². The Morgan fingerprint density at radius 3 is 2.75 bits per heavy atom. The normalized spacial score (nSPS) is 17.8. The Kier molecular flexibility index (Phi) is 3.68. The minimum absolute atomic E-state index is 0.000992. The van der Waals surface area contributed by atoms with Crippen LogP contribution in [-0.4, -0.2) is 15.6 Å². The molecular weight excluding hydrogens is 303 g/mol. The number of ketones is 1. The Hall–Kier alpha value is -2.49. The quantitative estimate of drug-likeness (QED) is 0.648. The molecule has 0 unspecified atom stereocenters. The smallest absolute Gasteiger partial charge is 0.140 e. The predicted molar refractivity (Wildman–Crippen MR) is 92.0 cm³/mol. The lowest BCUT2D eigenvalue weighted by molar-refractivity contribution is -0.120. The number of carbonyl (C=O) groups excluding carboxylic acids is 1.